The van der Waals surface area contributed by atoms with Crippen LogP contribution in [0.2, 0.25) is 0 Å². The summed E-state index contributed by atoms with van der Waals surface area (Å²) in [6.07, 6.45) is 1.02. The Morgan fingerprint density at radius 3 is 2.00 bits per heavy atom. The average molecular weight is 411 g/mol. The maximum Gasteiger partial charge on any atom is 0.271 e. The molecule has 2 N–H and O–H groups in total. The highest BCUT2D eigenvalue weighted by molar-refractivity contribution is 7.90. The van der Waals surface area contributed by atoms with Gasteiger partial charge < -0.3 is 4.57 Å². The summed E-state index contributed by atoms with van der Waals surface area (Å²) < 4.78 is 25.7. The molecule has 29 heavy (non-hydrogen) atoms. The summed E-state index contributed by atoms with van der Waals surface area (Å²) in [5, 5.41) is 0. The van der Waals surface area contributed by atoms with E-state index in [1.54, 1.807) is 12.1 Å². The molecule has 0 unspecified atom stereocenters. The molecule has 0 spiro atoms. The molecule has 0 aliphatic carbocycles. The first-order valence-corrected chi connectivity index (χ1v) is 10.7. The number of aromatic nitrogens is 1. The molecule has 1 heterocycles. The van der Waals surface area contributed by atoms with Gasteiger partial charge in [-0.2, -0.15) is 0 Å². The Morgan fingerprint density at radius 2 is 1.38 bits per heavy atom. The molecule has 0 saturated heterocycles. The van der Waals surface area contributed by atoms with Crippen molar-refractivity contribution in [1.29, 1.82) is 0 Å². The third kappa shape index (κ3) is 4.22. The van der Waals surface area contributed by atoms with Crippen LogP contribution >= 0.6 is 0 Å². The van der Waals surface area contributed by atoms with Gasteiger partial charge in [0.1, 0.15) is 0 Å². The maximum absolute atomic E-state index is 12.6. The van der Waals surface area contributed by atoms with Crippen LogP contribution in [0.15, 0.2) is 65.6 Å². The summed E-state index contributed by atoms with van der Waals surface area (Å²) in [4.78, 5) is 25.0. The van der Waals surface area contributed by atoms with Crippen molar-refractivity contribution in [3.63, 3.8) is 0 Å². The zero-order valence-electron chi connectivity index (χ0n) is 16.3. The molecule has 1 aromatic heterocycles. The number of hydrogen-bond donors (Lipinski definition) is 2. The van der Waals surface area contributed by atoms with Gasteiger partial charge in [-0.15, -0.1) is 0 Å². The van der Waals surface area contributed by atoms with Crippen LogP contribution in [-0.4, -0.2) is 31.1 Å². The van der Waals surface area contributed by atoms with E-state index in [9.17, 15) is 18.0 Å². The molecule has 0 radical (unpaired) electrons. The van der Waals surface area contributed by atoms with Crippen LogP contribution < -0.4 is 10.9 Å². The van der Waals surface area contributed by atoms with Gasteiger partial charge in [-0.3, -0.25) is 20.4 Å². The molecule has 3 rings (SSSR count). The topological polar surface area (TPSA) is 97.3 Å². The lowest BCUT2D eigenvalue weighted by Crippen LogP contribution is -2.42. The summed E-state index contributed by atoms with van der Waals surface area (Å²) in [7, 11) is -3.59. The summed E-state index contributed by atoms with van der Waals surface area (Å²) >= 11 is 0. The van der Waals surface area contributed by atoms with Crippen LogP contribution in [-0.2, 0) is 9.84 Å². The minimum Gasteiger partial charge on any atom is -0.318 e. The number of rotatable bonds is 4. The number of sulfone groups is 1. The zero-order valence-corrected chi connectivity index (χ0v) is 17.1. The van der Waals surface area contributed by atoms with Crippen molar-refractivity contribution < 1.29 is 18.0 Å². The number of amides is 2. The van der Waals surface area contributed by atoms with Gasteiger partial charge in [0, 0.05) is 23.3 Å². The van der Waals surface area contributed by atoms with Crippen LogP contribution in [0, 0.1) is 13.8 Å². The van der Waals surface area contributed by atoms with Crippen LogP contribution in [0.1, 0.15) is 32.1 Å². The van der Waals surface area contributed by atoms with Crippen molar-refractivity contribution in [3.05, 3.63) is 83.2 Å². The summed E-state index contributed by atoms with van der Waals surface area (Å²) in [5.74, 6) is -1.21. The first-order chi connectivity index (χ1) is 13.7. The molecule has 0 aliphatic rings. The van der Waals surface area contributed by atoms with Crippen LogP contribution in [0.4, 0.5) is 0 Å². The van der Waals surface area contributed by atoms with Gasteiger partial charge in [0.2, 0.25) is 0 Å². The molecule has 2 aromatic carbocycles. The molecular weight excluding hydrogens is 390 g/mol. The second-order valence-corrected chi connectivity index (χ2v) is 8.62. The quantitative estimate of drug-likeness (QED) is 0.645. The minimum absolute atomic E-state index is 0.0370. The van der Waals surface area contributed by atoms with Crippen molar-refractivity contribution in [1.82, 2.24) is 15.4 Å². The zero-order chi connectivity index (χ0) is 21.2. The number of aryl methyl sites for hydroxylation is 1. The minimum atomic E-state index is -3.59. The van der Waals surface area contributed by atoms with Crippen LogP contribution in [0.5, 0.6) is 0 Å². The van der Waals surface area contributed by atoms with Crippen LogP contribution in [0.25, 0.3) is 5.69 Å². The highest BCUT2D eigenvalue weighted by atomic mass is 32.2. The number of hydrogen-bond acceptors (Lipinski definition) is 4. The van der Waals surface area contributed by atoms with Crippen LogP contribution in [0.3, 0.4) is 0 Å². The first kappa shape index (κ1) is 20.3. The first-order valence-electron chi connectivity index (χ1n) is 8.84. The monoisotopic (exact) mass is 411 g/mol. The lowest BCUT2D eigenvalue weighted by molar-refractivity contribution is 0.0844. The molecule has 150 valence electrons. The Hall–Kier alpha value is -3.39. The number of carbonyl (C=O) groups is 2. The third-order valence-electron chi connectivity index (χ3n) is 4.51. The number of benzene rings is 2. The maximum atomic E-state index is 12.6. The molecule has 0 fully saturated rings. The van der Waals surface area contributed by atoms with Gasteiger partial charge in [0.15, 0.2) is 9.84 Å². The molecule has 7 nitrogen and oxygen atoms in total. The number of hydrazine groups is 1. The Kier molecular flexibility index (Phi) is 5.56. The SMILES string of the molecule is Cc1cc(C(=O)NNC(=O)c2ccccc2S(C)(=O)=O)c(C)n1-c1ccccc1. The number of carbonyl (C=O) groups excluding carboxylic acids is 2. The molecule has 3 aromatic rings. The number of para-hydroxylation sites is 1. The summed E-state index contributed by atoms with van der Waals surface area (Å²) in [6.45, 7) is 3.70. The highest BCUT2D eigenvalue weighted by Crippen LogP contribution is 2.20. The molecule has 2 amide bonds. The van der Waals surface area contributed by atoms with Crippen molar-refractivity contribution in [3.8, 4) is 5.69 Å². The van der Waals surface area contributed by atoms with E-state index in [1.165, 1.54) is 18.2 Å². The molecule has 0 aliphatic heterocycles. The molecule has 0 saturated carbocycles. The second-order valence-electron chi connectivity index (χ2n) is 6.63. The Morgan fingerprint density at radius 1 is 0.828 bits per heavy atom. The fourth-order valence-electron chi connectivity index (χ4n) is 3.19. The van der Waals surface area contributed by atoms with E-state index < -0.39 is 21.7 Å². The standard InChI is InChI=1S/C21H21N3O4S/c1-14-13-18(15(2)24(14)16-9-5-4-6-10-16)21(26)23-22-20(25)17-11-7-8-12-19(17)29(3,27)28/h4-13H,1-3H3,(H,22,25)(H,23,26). The number of nitrogens with one attached hydrogen (secondary N) is 2. The third-order valence-corrected chi connectivity index (χ3v) is 5.67. The smallest absolute Gasteiger partial charge is 0.271 e. The highest BCUT2D eigenvalue weighted by Gasteiger charge is 2.20. The van der Waals surface area contributed by atoms with Gasteiger partial charge in [-0.1, -0.05) is 30.3 Å². The Labute approximate surface area is 169 Å². The Bertz CT molecular complexity index is 1180. The summed E-state index contributed by atoms with van der Waals surface area (Å²) in [5.41, 5.74) is 7.54. The van der Waals surface area contributed by atoms with Gasteiger partial charge in [-0.05, 0) is 44.2 Å². The normalized spacial score (nSPS) is 11.1. The lowest BCUT2D eigenvalue weighted by Gasteiger charge is -2.11. The summed E-state index contributed by atoms with van der Waals surface area (Å²) in [6, 6.07) is 17.2. The van der Waals surface area contributed by atoms with Crippen molar-refractivity contribution in [2.24, 2.45) is 0 Å². The van der Waals surface area contributed by atoms with Gasteiger partial charge in [0.05, 0.1) is 16.0 Å². The van der Waals surface area contributed by atoms with Gasteiger partial charge in [-0.25, -0.2) is 8.42 Å². The van der Waals surface area contributed by atoms with E-state index in [-0.39, 0.29) is 10.5 Å². The molecule has 0 atom stereocenters. The average Bonchev–Trinajstić information content (AvgIpc) is 3.00. The van der Waals surface area contributed by atoms with E-state index in [1.807, 2.05) is 48.7 Å². The predicted octanol–water partition coefficient (Wildman–Crippen LogP) is 2.57. The fraction of sp³-hybridized carbons (Fsp3) is 0.143. The molecule has 8 heteroatoms. The van der Waals surface area contributed by atoms with E-state index >= 15 is 0 Å². The van der Waals surface area contributed by atoms with Crippen molar-refractivity contribution in [2.75, 3.05) is 6.26 Å². The lowest BCUT2D eigenvalue weighted by atomic mass is 10.2. The van der Waals surface area contributed by atoms with Gasteiger partial charge in [0.25, 0.3) is 11.8 Å². The molecular formula is C21H21N3O4S. The van der Waals surface area contributed by atoms with Crippen molar-refractivity contribution >= 4 is 21.7 Å². The second kappa shape index (κ2) is 7.92. The predicted molar refractivity (Wildman–Crippen MR) is 110 cm³/mol. The van der Waals surface area contributed by atoms with E-state index in [0.717, 1.165) is 23.3 Å². The van der Waals surface area contributed by atoms with E-state index in [0.29, 0.717) is 5.56 Å². The molecule has 0 bridgehead atoms. The van der Waals surface area contributed by atoms with Gasteiger partial charge >= 0.3 is 0 Å². The fourth-order valence-corrected chi connectivity index (χ4v) is 4.08. The number of nitrogens with zero attached hydrogens (tertiary/aromatic N) is 1. The Balaban J connectivity index is 1.80. The largest absolute Gasteiger partial charge is 0.318 e. The van der Waals surface area contributed by atoms with E-state index in [2.05, 4.69) is 10.9 Å². The van der Waals surface area contributed by atoms with E-state index in [4.69, 9.17) is 0 Å². The van der Waals surface area contributed by atoms with Crippen molar-refractivity contribution in [2.45, 2.75) is 18.7 Å².